The van der Waals surface area contributed by atoms with Gasteiger partial charge in [-0.05, 0) is 6.42 Å². The van der Waals surface area contributed by atoms with Gasteiger partial charge in [0.1, 0.15) is 0 Å². The molecule has 3 heteroatoms. The second-order valence-corrected chi connectivity index (χ2v) is 3.88. The Morgan fingerprint density at radius 1 is 1.15 bits per heavy atom. The molecule has 0 bridgehead atoms. The van der Waals surface area contributed by atoms with Gasteiger partial charge in [0.05, 0.1) is 11.0 Å². The third-order valence-corrected chi connectivity index (χ3v) is 2.49. The fourth-order valence-corrected chi connectivity index (χ4v) is 1.33. The predicted molar refractivity (Wildman–Crippen MR) is 63.2 cm³/mol. The summed E-state index contributed by atoms with van der Waals surface area (Å²) in [5.74, 6) is -0.0887. The molecule has 0 N–H and O–H groups in total. The quantitative estimate of drug-likeness (QED) is 0.297. The second-order valence-electron chi connectivity index (χ2n) is 3.12. The van der Waals surface area contributed by atoms with Gasteiger partial charge in [-0.15, -0.1) is 0 Å². The van der Waals surface area contributed by atoms with Gasteiger partial charge in [0.25, 0.3) is 0 Å². The normalized spacial score (nSPS) is 10.0. The van der Waals surface area contributed by atoms with Crippen LogP contribution in [0.3, 0.4) is 0 Å². The molecule has 0 aromatic rings. The summed E-state index contributed by atoms with van der Waals surface area (Å²) in [7, 11) is 0. The van der Waals surface area contributed by atoms with Crippen LogP contribution in [0, 0.1) is 0 Å². The molecule has 0 atom stereocenters. The first-order valence-corrected chi connectivity index (χ1v) is 6.55. The summed E-state index contributed by atoms with van der Waals surface area (Å²) in [6, 6.07) is 0. The molecule has 13 heavy (non-hydrogen) atoms. The second kappa shape index (κ2) is 10.3. The minimum Gasteiger partial charge on any atom is -0.465 e. The minimum atomic E-state index is -0.0887. The zero-order valence-corrected chi connectivity index (χ0v) is 10.5. The highest BCUT2D eigenvalue weighted by Gasteiger charge is 1.97. The van der Waals surface area contributed by atoms with Crippen LogP contribution in [0.5, 0.6) is 0 Å². The number of carbonyl (C=O) groups is 1. The summed E-state index contributed by atoms with van der Waals surface area (Å²) >= 11 is 2.02. The van der Waals surface area contributed by atoms with Crippen LogP contribution in [-0.4, -0.2) is 17.0 Å². The molecule has 78 valence electrons. The maximum atomic E-state index is 10.7. The van der Waals surface area contributed by atoms with E-state index in [4.69, 9.17) is 4.74 Å². The summed E-state index contributed by atoms with van der Waals surface area (Å²) in [5.41, 5.74) is 0. The molecule has 0 aliphatic carbocycles. The van der Waals surface area contributed by atoms with Crippen molar-refractivity contribution in [3.63, 3.8) is 0 Å². The molecule has 2 nitrogen and oxygen atoms in total. The molecule has 0 saturated carbocycles. The molecule has 0 aromatic heterocycles. The zero-order chi connectivity index (χ0) is 9.94. The van der Waals surface area contributed by atoms with Crippen molar-refractivity contribution >= 4 is 28.6 Å². The fourth-order valence-electron chi connectivity index (χ4n) is 1.11. The van der Waals surface area contributed by atoms with Gasteiger partial charge in [-0.1, -0.05) is 61.6 Å². The summed E-state index contributed by atoms with van der Waals surface area (Å²) in [5, 5.41) is 0. The number of hydrogen-bond donors (Lipinski definition) is 0. The summed E-state index contributed by atoms with van der Waals surface area (Å²) in [4.78, 5) is 10.7. The molecule has 0 radical (unpaired) electrons. The molecule has 0 heterocycles. The zero-order valence-electron chi connectivity index (χ0n) is 8.35. The van der Waals surface area contributed by atoms with Crippen molar-refractivity contribution in [2.75, 3.05) is 11.0 Å². The molecule has 0 aliphatic heterocycles. The maximum absolute atomic E-state index is 10.7. The molecule has 0 spiro atoms. The van der Waals surface area contributed by atoms with E-state index in [-0.39, 0.29) is 5.97 Å². The minimum absolute atomic E-state index is 0.0887. The van der Waals surface area contributed by atoms with Crippen LogP contribution < -0.4 is 0 Å². The Labute approximate surface area is 94.6 Å². The van der Waals surface area contributed by atoms with Gasteiger partial charge in [0.15, 0.2) is 0 Å². The van der Waals surface area contributed by atoms with Gasteiger partial charge in [0, 0.05) is 0 Å². The third-order valence-electron chi connectivity index (χ3n) is 1.87. The van der Waals surface area contributed by atoms with E-state index in [2.05, 4.69) is 6.92 Å². The van der Waals surface area contributed by atoms with E-state index in [0.29, 0.717) is 11.0 Å². The van der Waals surface area contributed by atoms with E-state index < -0.39 is 0 Å². The topological polar surface area (TPSA) is 26.3 Å². The Hall–Kier alpha value is 0.200. The van der Waals surface area contributed by atoms with Crippen LogP contribution in [0.4, 0.5) is 0 Å². The summed E-state index contributed by atoms with van der Waals surface area (Å²) in [6.07, 6.45) is 7.41. The number of esters is 1. The number of ether oxygens (including phenoxy) is 1. The molecule has 0 fully saturated rings. The summed E-state index contributed by atoms with van der Waals surface area (Å²) in [6.45, 7) is 2.82. The number of halogens is 1. The number of hydrogen-bond acceptors (Lipinski definition) is 2. The van der Waals surface area contributed by atoms with Crippen molar-refractivity contribution in [3.8, 4) is 0 Å². The molecule has 0 rings (SSSR count). The molecule has 0 saturated heterocycles. The lowest BCUT2D eigenvalue weighted by Gasteiger charge is -2.02. The van der Waals surface area contributed by atoms with E-state index in [0.717, 1.165) is 6.42 Å². The third kappa shape index (κ3) is 10.1. The molecule has 0 aliphatic rings. The fraction of sp³-hybridized carbons (Fsp3) is 0.900. The van der Waals surface area contributed by atoms with Crippen LogP contribution in [0.15, 0.2) is 0 Å². The van der Waals surface area contributed by atoms with Crippen LogP contribution in [-0.2, 0) is 9.53 Å². The number of unbranched alkanes of at least 4 members (excludes halogenated alkanes) is 5. The van der Waals surface area contributed by atoms with E-state index >= 15 is 0 Å². The first-order valence-electron chi connectivity index (χ1n) is 5.02. The van der Waals surface area contributed by atoms with E-state index in [1.54, 1.807) is 0 Å². The van der Waals surface area contributed by atoms with E-state index in [9.17, 15) is 4.79 Å². The largest absolute Gasteiger partial charge is 0.465 e. The first kappa shape index (κ1) is 13.2. The molecular weight excluding hydrogens is 279 g/mol. The molecule has 0 unspecified atom stereocenters. The lowest BCUT2D eigenvalue weighted by atomic mass is 10.1. The smallest absolute Gasteiger partial charge is 0.315 e. The van der Waals surface area contributed by atoms with Gasteiger partial charge in [-0.2, -0.15) is 0 Å². The van der Waals surface area contributed by atoms with Crippen molar-refractivity contribution in [1.29, 1.82) is 0 Å². The Bertz CT molecular complexity index is 126. The maximum Gasteiger partial charge on any atom is 0.315 e. The number of alkyl halides is 1. The average Bonchev–Trinajstić information content (AvgIpc) is 2.16. The Morgan fingerprint density at radius 3 is 2.38 bits per heavy atom. The molecule has 0 aromatic carbocycles. The van der Waals surface area contributed by atoms with Crippen molar-refractivity contribution in [2.24, 2.45) is 0 Å². The van der Waals surface area contributed by atoms with E-state index in [1.165, 1.54) is 32.1 Å². The van der Waals surface area contributed by atoms with Crippen LogP contribution >= 0.6 is 22.6 Å². The average molecular weight is 298 g/mol. The van der Waals surface area contributed by atoms with Crippen molar-refractivity contribution in [1.82, 2.24) is 0 Å². The monoisotopic (exact) mass is 298 g/mol. The van der Waals surface area contributed by atoms with Gasteiger partial charge in [-0.25, -0.2) is 0 Å². The van der Waals surface area contributed by atoms with Crippen molar-refractivity contribution < 1.29 is 9.53 Å². The molecular formula is C10H19IO2. The highest BCUT2D eigenvalue weighted by atomic mass is 127. The highest BCUT2D eigenvalue weighted by Crippen LogP contribution is 2.04. The Morgan fingerprint density at radius 2 is 1.77 bits per heavy atom. The van der Waals surface area contributed by atoms with Gasteiger partial charge in [-0.3, -0.25) is 4.79 Å². The van der Waals surface area contributed by atoms with Gasteiger partial charge >= 0.3 is 5.97 Å². The molecule has 0 amide bonds. The van der Waals surface area contributed by atoms with Crippen LogP contribution in [0.2, 0.25) is 0 Å². The summed E-state index contributed by atoms with van der Waals surface area (Å²) < 4.78 is 5.42. The lowest BCUT2D eigenvalue weighted by molar-refractivity contribution is -0.140. The Kier molecular flexibility index (Phi) is 10.4. The number of rotatable bonds is 8. The van der Waals surface area contributed by atoms with Gasteiger partial charge < -0.3 is 4.74 Å². The predicted octanol–water partition coefficient (Wildman–Crippen LogP) is 3.33. The standard InChI is InChI=1S/C10H19IO2/c1-2-3-4-5-6-7-8-13-10(12)9-11/h2-9H2,1H3. The van der Waals surface area contributed by atoms with Crippen molar-refractivity contribution in [3.05, 3.63) is 0 Å². The van der Waals surface area contributed by atoms with Gasteiger partial charge in [0.2, 0.25) is 0 Å². The lowest BCUT2D eigenvalue weighted by Crippen LogP contribution is -2.06. The Balaban J connectivity index is 2.95. The number of carbonyl (C=O) groups excluding carboxylic acids is 1. The van der Waals surface area contributed by atoms with E-state index in [1.807, 2.05) is 22.6 Å². The van der Waals surface area contributed by atoms with Crippen LogP contribution in [0.25, 0.3) is 0 Å². The SMILES string of the molecule is CCCCCCCCOC(=O)CI. The highest BCUT2D eigenvalue weighted by molar-refractivity contribution is 14.1. The van der Waals surface area contributed by atoms with Crippen LogP contribution in [0.1, 0.15) is 45.4 Å². The van der Waals surface area contributed by atoms with Crippen molar-refractivity contribution in [2.45, 2.75) is 45.4 Å². The first-order chi connectivity index (χ1) is 6.31.